The van der Waals surface area contributed by atoms with Crippen molar-refractivity contribution in [2.24, 2.45) is 0 Å². The third-order valence-electron chi connectivity index (χ3n) is 6.37. The van der Waals surface area contributed by atoms with Crippen molar-refractivity contribution in [3.8, 4) is 0 Å². The SMILES string of the molecule is O=S(O)O.c1cc[c]([Sn]([c]2ccccc2)[c]2ccccc2)cc1.c1cc[c]([Sn]([c]2ccccc2)[c]2ccccc2)cc1. The Hall–Kier alpha value is -3.01. The fourth-order valence-electron chi connectivity index (χ4n) is 4.63. The van der Waals surface area contributed by atoms with Crippen molar-refractivity contribution in [1.29, 1.82) is 0 Å². The van der Waals surface area contributed by atoms with Gasteiger partial charge in [0.05, 0.1) is 0 Å². The number of rotatable bonds is 6. The van der Waals surface area contributed by atoms with Crippen LogP contribution in [-0.4, -0.2) is 52.8 Å². The van der Waals surface area contributed by atoms with Crippen molar-refractivity contribution in [1.82, 2.24) is 0 Å². The van der Waals surface area contributed by atoms with E-state index in [-0.39, 0.29) is 0 Å². The molecule has 2 radical (unpaired) electrons. The van der Waals surface area contributed by atoms with Crippen LogP contribution in [-0.2, 0) is 11.4 Å². The van der Waals surface area contributed by atoms with Crippen LogP contribution in [0, 0.1) is 0 Å². The van der Waals surface area contributed by atoms with Crippen LogP contribution in [0.3, 0.4) is 0 Å². The van der Waals surface area contributed by atoms with Crippen LogP contribution in [0.1, 0.15) is 0 Å². The van der Waals surface area contributed by atoms with Crippen molar-refractivity contribution in [2.75, 3.05) is 0 Å². The second-order valence-electron chi connectivity index (χ2n) is 9.18. The minimum atomic E-state index is -2.61. The summed E-state index contributed by atoms with van der Waals surface area (Å²) in [5, 5.41) is 0. The van der Waals surface area contributed by atoms with Gasteiger partial charge in [-0.1, -0.05) is 0 Å². The van der Waals surface area contributed by atoms with Gasteiger partial charge in [-0.2, -0.15) is 4.21 Å². The third-order valence-corrected chi connectivity index (χ3v) is 22.0. The molecule has 0 aliphatic carbocycles. The molecule has 0 heterocycles. The van der Waals surface area contributed by atoms with Gasteiger partial charge in [-0.3, -0.25) is 9.11 Å². The molecule has 0 atom stereocenters. The molecule has 208 valence electrons. The Balaban J connectivity index is 0.000000171. The molecular formula is C36H32O3SSn2. The van der Waals surface area contributed by atoms with Crippen molar-refractivity contribution in [2.45, 2.75) is 0 Å². The van der Waals surface area contributed by atoms with Crippen LogP contribution >= 0.6 is 0 Å². The first-order valence-corrected chi connectivity index (χ1v) is 23.1. The predicted molar refractivity (Wildman–Crippen MR) is 181 cm³/mol. The Kier molecular flexibility index (Phi) is 13.5. The standard InChI is InChI=1S/6C6H5.H2O3S.2Sn/c6*1-2-4-6-5-3-1;1-4(2)3;;/h6*1-5H;(H2,1,2,3);;. The van der Waals surface area contributed by atoms with Gasteiger partial charge in [0.1, 0.15) is 0 Å². The van der Waals surface area contributed by atoms with Gasteiger partial charge in [-0.25, -0.2) is 0 Å². The van der Waals surface area contributed by atoms with E-state index in [0.29, 0.717) is 0 Å². The Morgan fingerprint density at radius 3 is 0.548 bits per heavy atom. The summed E-state index contributed by atoms with van der Waals surface area (Å²) in [5.41, 5.74) is 0. The van der Waals surface area contributed by atoms with Crippen LogP contribution in [0.25, 0.3) is 0 Å². The van der Waals surface area contributed by atoms with E-state index in [0.717, 1.165) is 0 Å². The van der Waals surface area contributed by atoms with E-state index in [1.165, 1.54) is 21.5 Å². The number of hydrogen-bond donors (Lipinski definition) is 2. The molecule has 0 aromatic heterocycles. The summed E-state index contributed by atoms with van der Waals surface area (Å²) in [4.78, 5) is 0. The fraction of sp³-hybridized carbons (Fsp3) is 0. The van der Waals surface area contributed by atoms with Gasteiger partial charge in [0.15, 0.2) is 0 Å². The molecule has 0 fully saturated rings. The average Bonchev–Trinajstić information content (AvgIpc) is 3.05. The van der Waals surface area contributed by atoms with Crippen LogP contribution in [0.4, 0.5) is 0 Å². The molecule has 0 aliphatic heterocycles. The first kappa shape index (κ1) is 31.9. The average molecular weight is 782 g/mol. The van der Waals surface area contributed by atoms with Crippen molar-refractivity contribution < 1.29 is 13.3 Å². The van der Waals surface area contributed by atoms with E-state index in [9.17, 15) is 0 Å². The Morgan fingerprint density at radius 2 is 0.429 bits per heavy atom. The molecular weight excluding hydrogens is 750 g/mol. The van der Waals surface area contributed by atoms with Gasteiger partial charge < -0.3 is 0 Å². The summed E-state index contributed by atoms with van der Waals surface area (Å²) in [5.74, 6) is 0. The Bertz CT molecular complexity index is 1280. The topological polar surface area (TPSA) is 57.5 Å². The van der Waals surface area contributed by atoms with Crippen molar-refractivity contribution >= 4 is 72.4 Å². The van der Waals surface area contributed by atoms with Crippen LogP contribution in [0.5, 0.6) is 0 Å². The van der Waals surface area contributed by atoms with Gasteiger partial charge in [-0.05, 0) is 0 Å². The Morgan fingerprint density at radius 1 is 0.310 bits per heavy atom. The van der Waals surface area contributed by atoms with Gasteiger partial charge in [0, 0.05) is 0 Å². The summed E-state index contributed by atoms with van der Waals surface area (Å²) in [7, 11) is 0. The third kappa shape index (κ3) is 10.1. The molecule has 0 unspecified atom stereocenters. The van der Waals surface area contributed by atoms with Crippen LogP contribution in [0.15, 0.2) is 182 Å². The van der Waals surface area contributed by atoms with Crippen molar-refractivity contribution in [3.05, 3.63) is 182 Å². The van der Waals surface area contributed by atoms with E-state index in [1.54, 1.807) is 0 Å². The summed E-state index contributed by atoms with van der Waals surface area (Å²) in [6.07, 6.45) is 0. The molecule has 0 saturated heterocycles. The number of benzene rings is 6. The zero-order chi connectivity index (χ0) is 29.4. The molecule has 2 N–H and O–H groups in total. The minimum absolute atomic E-state index is 1.53. The fourth-order valence-corrected chi connectivity index (χ4v) is 19.3. The maximum absolute atomic E-state index is 8.67. The molecule has 6 heteroatoms. The first-order chi connectivity index (χ1) is 20.6. The zero-order valence-corrected chi connectivity index (χ0v) is 29.6. The predicted octanol–water partition coefficient (Wildman–Crippen LogP) is 4.09. The molecule has 6 aromatic rings. The van der Waals surface area contributed by atoms with Crippen LogP contribution < -0.4 is 21.5 Å². The van der Waals surface area contributed by atoms with E-state index >= 15 is 0 Å². The van der Waals surface area contributed by atoms with E-state index in [2.05, 4.69) is 182 Å². The summed E-state index contributed by atoms with van der Waals surface area (Å²) in [6.45, 7) is 0. The normalized spacial score (nSPS) is 10.4. The second kappa shape index (κ2) is 17.8. The van der Waals surface area contributed by atoms with E-state index in [4.69, 9.17) is 13.3 Å². The van der Waals surface area contributed by atoms with Gasteiger partial charge in [0.2, 0.25) is 0 Å². The molecule has 42 heavy (non-hydrogen) atoms. The van der Waals surface area contributed by atoms with E-state index < -0.39 is 50.9 Å². The summed E-state index contributed by atoms with van der Waals surface area (Å²) < 4.78 is 32.0. The van der Waals surface area contributed by atoms with Crippen LogP contribution in [0.2, 0.25) is 0 Å². The zero-order valence-electron chi connectivity index (χ0n) is 23.0. The molecule has 0 bridgehead atoms. The first-order valence-electron chi connectivity index (χ1n) is 13.5. The molecule has 6 rings (SSSR count). The van der Waals surface area contributed by atoms with Gasteiger partial charge in [0.25, 0.3) is 11.4 Å². The molecule has 3 nitrogen and oxygen atoms in total. The molecule has 0 saturated carbocycles. The number of hydrogen-bond acceptors (Lipinski definition) is 1. The van der Waals surface area contributed by atoms with Crippen molar-refractivity contribution in [3.63, 3.8) is 0 Å². The quantitative estimate of drug-likeness (QED) is 0.198. The monoisotopic (exact) mass is 784 g/mol. The molecule has 0 amide bonds. The Labute approximate surface area is 265 Å². The molecule has 0 aliphatic rings. The van der Waals surface area contributed by atoms with Gasteiger partial charge in [-0.15, -0.1) is 0 Å². The molecule has 0 spiro atoms. The van der Waals surface area contributed by atoms with E-state index in [1.807, 2.05) is 0 Å². The summed E-state index contributed by atoms with van der Waals surface area (Å²) >= 11 is -6.57. The molecule has 6 aromatic carbocycles. The second-order valence-corrected chi connectivity index (χ2v) is 23.8. The summed E-state index contributed by atoms with van der Waals surface area (Å²) in [6, 6.07) is 65.9. The van der Waals surface area contributed by atoms with Gasteiger partial charge >= 0.3 is 243 Å². The maximum atomic E-state index is 8.67.